The Labute approximate surface area is 86.2 Å². The maximum absolute atomic E-state index is 3.09. The van der Waals surface area contributed by atoms with E-state index < -0.39 is 0 Å². The summed E-state index contributed by atoms with van der Waals surface area (Å²) in [5.41, 5.74) is 2.51. The number of hydrogen-bond donors (Lipinski definition) is 1. The fourth-order valence-corrected chi connectivity index (χ4v) is 1.34. The van der Waals surface area contributed by atoms with Crippen LogP contribution >= 0.6 is 0 Å². The number of para-hydroxylation sites is 1. The van der Waals surface area contributed by atoms with E-state index in [9.17, 15) is 0 Å². The molecule has 0 aromatic heterocycles. The van der Waals surface area contributed by atoms with Crippen molar-refractivity contribution in [3.8, 4) is 0 Å². The van der Waals surface area contributed by atoms with Gasteiger partial charge >= 0.3 is 0 Å². The summed E-state index contributed by atoms with van der Waals surface area (Å²) >= 11 is 0. The topological polar surface area (TPSA) is 15.3 Å². The van der Waals surface area contributed by atoms with Crippen molar-refractivity contribution >= 4 is 11.8 Å². The van der Waals surface area contributed by atoms with Crippen molar-refractivity contribution in [3.05, 3.63) is 35.9 Å². The maximum atomic E-state index is 3.09. The Morgan fingerprint density at radius 3 is 2.64 bits per heavy atom. The molecule has 0 aliphatic carbocycles. The standard InChI is InChI=1S/C12H18N2/c1-13-10-6-8-11-7-4-5-9-12(11)14(2)3/h4-9,13H,10H2,1-3H3. The Bertz CT molecular complexity index is 303. The third kappa shape index (κ3) is 2.89. The Hall–Kier alpha value is -1.28. The minimum absolute atomic E-state index is 0.905. The van der Waals surface area contributed by atoms with Gasteiger partial charge in [-0.15, -0.1) is 0 Å². The van der Waals surface area contributed by atoms with E-state index in [2.05, 4.69) is 60.7 Å². The summed E-state index contributed by atoms with van der Waals surface area (Å²) in [6.45, 7) is 0.905. The van der Waals surface area contributed by atoms with E-state index in [-0.39, 0.29) is 0 Å². The van der Waals surface area contributed by atoms with Crippen molar-refractivity contribution < 1.29 is 0 Å². The van der Waals surface area contributed by atoms with Gasteiger partial charge in [-0.2, -0.15) is 0 Å². The van der Waals surface area contributed by atoms with Gasteiger partial charge in [0, 0.05) is 26.3 Å². The average Bonchev–Trinajstić information content (AvgIpc) is 2.19. The molecule has 1 aromatic carbocycles. The quantitative estimate of drug-likeness (QED) is 0.781. The van der Waals surface area contributed by atoms with E-state index in [0.717, 1.165) is 6.54 Å². The molecular weight excluding hydrogens is 172 g/mol. The molecule has 0 saturated heterocycles. The molecule has 0 saturated carbocycles. The van der Waals surface area contributed by atoms with E-state index in [0.29, 0.717) is 0 Å². The molecule has 0 fully saturated rings. The number of anilines is 1. The van der Waals surface area contributed by atoms with Crippen LogP contribution < -0.4 is 10.2 Å². The molecule has 14 heavy (non-hydrogen) atoms. The number of hydrogen-bond acceptors (Lipinski definition) is 2. The lowest BCUT2D eigenvalue weighted by atomic mass is 10.1. The lowest BCUT2D eigenvalue weighted by Gasteiger charge is -2.15. The minimum Gasteiger partial charge on any atom is -0.377 e. The van der Waals surface area contributed by atoms with Crippen LogP contribution in [0.3, 0.4) is 0 Å². The zero-order chi connectivity index (χ0) is 10.4. The summed E-state index contributed by atoms with van der Waals surface area (Å²) in [6, 6.07) is 8.37. The highest BCUT2D eigenvalue weighted by Gasteiger charge is 1.98. The Balaban J connectivity index is 2.84. The fourth-order valence-electron chi connectivity index (χ4n) is 1.34. The van der Waals surface area contributed by atoms with Crippen LogP contribution in [0.4, 0.5) is 5.69 Å². The number of benzene rings is 1. The Morgan fingerprint density at radius 2 is 2.00 bits per heavy atom. The molecule has 0 amide bonds. The van der Waals surface area contributed by atoms with Gasteiger partial charge in [0.1, 0.15) is 0 Å². The van der Waals surface area contributed by atoms with Crippen LogP contribution in [0.1, 0.15) is 5.56 Å². The molecule has 0 radical (unpaired) electrons. The lowest BCUT2D eigenvalue weighted by molar-refractivity contribution is 0.922. The summed E-state index contributed by atoms with van der Waals surface area (Å²) in [4.78, 5) is 2.12. The van der Waals surface area contributed by atoms with E-state index >= 15 is 0 Å². The lowest BCUT2D eigenvalue weighted by Crippen LogP contribution is -2.10. The van der Waals surface area contributed by atoms with Crippen LogP contribution in [-0.2, 0) is 0 Å². The van der Waals surface area contributed by atoms with Crippen LogP contribution in [0.2, 0.25) is 0 Å². The molecule has 1 N–H and O–H groups in total. The van der Waals surface area contributed by atoms with Gasteiger partial charge in [-0.3, -0.25) is 0 Å². The smallest absolute Gasteiger partial charge is 0.0434 e. The van der Waals surface area contributed by atoms with Crippen LogP contribution in [-0.4, -0.2) is 27.7 Å². The van der Waals surface area contributed by atoms with Gasteiger partial charge in [-0.05, 0) is 18.7 Å². The van der Waals surface area contributed by atoms with E-state index in [1.165, 1.54) is 11.3 Å². The van der Waals surface area contributed by atoms with Crippen LogP contribution in [0.25, 0.3) is 6.08 Å². The second kappa shape index (κ2) is 5.45. The zero-order valence-corrected chi connectivity index (χ0v) is 9.12. The van der Waals surface area contributed by atoms with Gasteiger partial charge in [-0.1, -0.05) is 30.4 Å². The summed E-state index contributed by atoms with van der Waals surface area (Å²) in [7, 11) is 6.07. The highest BCUT2D eigenvalue weighted by molar-refractivity contribution is 5.67. The second-order valence-electron chi connectivity index (χ2n) is 3.41. The second-order valence-corrected chi connectivity index (χ2v) is 3.41. The van der Waals surface area contributed by atoms with Gasteiger partial charge < -0.3 is 10.2 Å². The van der Waals surface area contributed by atoms with Gasteiger partial charge in [0.2, 0.25) is 0 Å². The first-order valence-corrected chi connectivity index (χ1v) is 4.83. The number of rotatable bonds is 4. The predicted molar refractivity (Wildman–Crippen MR) is 63.7 cm³/mol. The van der Waals surface area contributed by atoms with Gasteiger partial charge in [0.15, 0.2) is 0 Å². The largest absolute Gasteiger partial charge is 0.377 e. The van der Waals surface area contributed by atoms with E-state index in [1.54, 1.807) is 0 Å². The number of nitrogens with zero attached hydrogens (tertiary/aromatic N) is 1. The molecule has 0 heterocycles. The molecular formula is C12H18N2. The van der Waals surface area contributed by atoms with Crippen molar-refractivity contribution in [3.63, 3.8) is 0 Å². The highest BCUT2D eigenvalue weighted by Crippen LogP contribution is 2.18. The number of nitrogens with one attached hydrogen (secondary N) is 1. The molecule has 1 aromatic rings. The molecule has 76 valence electrons. The molecule has 0 atom stereocenters. The predicted octanol–water partition coefficient (Wildman–Crippen LogP) is 1.99. The van der Waals surface area contributed by atoms with Gasteiger partial charge in [-0.25, -0.2) is 0 Å². The molecule has 0 aliphatic heterocycles. The number of likely N-dealkylation sites (N-methyl/N-ethyl adjacent to an activating group) is 1. The third-order valence-corrected chi connectivity index (χ3v) is 2.04. The van der Waals surface area contributed by atoms with E-state index in [4.69, 9.17) is 0 Å². The molecule has 0 bridgehead atoms. The molecule has 2 nitrogen and oxygen atoms in total. The van der Waals surface area contributed by atoms with Crippen LogP contribution in [0.15, 0.2) is 30.3 Å². The highest BCUT2D eigenvalue weighted by atomic mass is 15.1. The summed E-state index contributed by atoms with van der Waals surface area (Å²) < 4.78 is 0. The first kappa shape index (κ1) is 10.8. The van der Waals surface area contributed by atoms with Crippen LogP contribution in [0.5, 0.6) is 0 Å². The first-order valence-electron chi connectivity index (χ1n) is 4.83. The molecule has 0 spiro atoms. The Kier molecular flexibility index (Phi) is 4.20. The SMILES string of the molecule is CNCC=Cc1ccccc1N(C)C. The van der Waals surface area contributed by atoms with Crippen molar-refractivity contribution in [2.24, 2.45) is 0 Å². The van der Waals surface area contributed by atoms with Crippen molar-refractivity contribution in [1.29, 1.82) is 0 Å². The monoisotopic (exact) mass is 190 g/mol. The third-order valence-electron chi connectivity index (χ3n) is 2.04. The van der Waals surface area contributed by atoms with Gasteiger partial charge in [0.25, 0.3) is 0 Å². The minimum atomic E-state index is 0.905. The summed E-state index contributed by atoms with van der Waals surface area (Å²) in [6.07, 6.45) is 4.27. The van der Waals surface area contributed by atoms with Crippen molar-refractivity contribution in [2.45, 2.75) is 0 Å². The normalized spacial score (nSPS) is 10.8. The molecule has 0 aliphatic rings. The molecule has 0 unspecified atom stereocenters. The van der Waals surface area contributed by atoms with Crippen LogP contribution in [0, 0.1) is 0 Å². The maximum Gasteiger partial charge on any atom is 0.0434 e. The van der Waals surface area contributed by atoms with E-state index in [1.807, 2.05) is 7.05 Å². The zero-order valence-electron chi connectivity index (χ0n) is 9.12. The first-order chi connectivity index (χ1) is 6.75. The molecule has 2 heteroatoms. The summed E-state index contributed by atoms with van der Waals surface area (Å²) in [5.74, 6) is 0. The average molecular weight is 190 g/mol. The Morgan fingerprint density at radius 1 is 1.29 bits per heavy atom. The van der Waals surface area contributed by atoms with Gasteiger partial charge in [0.05, 0.1) is 0 Å². The fraction of sp³-hybridized carbons (Fsp3) is 0.333. The summed E-state index contributed by atoms with van der Waals surface area (Å²) in [5, 5.41) is 3.09. The van der Waals surface area contributed by atoms with Crippen molar-refractivity contribution in [2.75, 3.05) is 32.6 Å². The van der Waals surface area contributed by atoms with Crippen molar-refractivity contribution in [1.82, 2.24) is 5.32 Å². The molecule has 1 rings (SSSR count).